The molecule has 1 heterocycles. The molecule has 0 saturated carbocycles. The van der Waals surface area contributed by atoms with Crippen molar-refractivity contribution in [2.24, 2.45) is 5.41 Å². The van der Waals surface area contributed by atoms with E-state index in [1.807, 2.05) is 0 Å². The lowest BCUT2D eigenvalue weighted by Gasteiger charge is -2.45. The van der Waals surface area contributed by atoms with Crippen LogP contribution in [0.4, 0.5) is 0 Å². The Kier molecular flexibility index (Phi) is 9.89. The van der Waals surface area contributed by atoms with Crippen LogP contribution in [0.1, 0.15) is 89.0 Å². The maximum atomic E-state index is 13.1. The van der Waals surface area contributed by atoms with Gasteiger partial charge in [-0.3, -0.25) is 0 Å². The van der Waals surface area contributed by atoms with Gasteiger partial charge in [0, 0.05) is 31.1 Å². The monoisotopic (exact) mass is 590 g/mol. The molecular formula is C32H58O4Si3. The van der Waals surface area contributed by atoms with Crippen LogP contribution in [0.2, 0.25) is 54.4 Å². The van der Waals surface area contributed by atoms with E-state index in [4.69, 9.17) is 13.6 Å². The molecule has 0 amide bonds. The summed E-state index contributed by atoms with van der Waals surface area (Å²) in [5.41, 5.74) is 5.47. The van der Waals surface area contributed by atoms with Gasteiger partial charge in [0.05, 0.1) is 5.41 Å². The molecule has 0 aromatic heterocycles. The van der Waals surface area contributed by atoms with Crippen molar-refractivity contribution in [3.8, 4) is 11.5 Å². The Morgan fingerprint density at radius 2 is 1.49 bits per heavy atom. The Balaban J connectivity index is 2.73. The Labute approximate surface area is 244 Å². The zero-order valence-electron chi connectivity index (χ0n) is 28.1. The number of esters is 1. The fourth-order valence-corrected chi connectivity index (χ4v) is 13.4. The number of carbonyl (C=O) groups is 1. The molecule has 4 nitrogen and oxygen atoms in total. The normalized spacial score (nSPS) is 24.3. The molecule has 0 spiro atoms. The molecule has 2 aliphatic rings. The van der Waals surface area contributed by atoms with Crippen molar-refractivity contribution in [1.29, 1.82) is 0 Å². The minimum absolute atomic E-state index is 0.0783. The molecular weight excluding hydrogens is 533 g/mol. The standard InChI is InChI=1S/C32H58O4Si3/c1-23(2)39(24(3)4,25(5)6)36-29-26(7)31(11,22-34-38(15,16)30(8,9)10)32(27(29)21-28(33)35-32)19-17-18-20-37(12,13)14/h21,23-25H,17,19,22H2,1-16H3/t31-,32-/m1/s1. The second-order valence-corrected chi connectivity index (χ2v) is 30.5. The predicted molar refractivity (Wildman–Crippen MR) is 173 cm³/mol. The number of ether oxygens (including phenoxy) is 1. The molecule has 0 unspecified atom stereocenters. The van der Waals surface area contributed by atoms with E-state index in [-0.39, 0.29) is 11.0 Å². The Morgan fingerprint density at radius 3 is 1.92 bits per heavy atom. The first-order chi connectivity index (χ1) is 17.5. The van der Waals surface area contributed by atoms with Crippen molar-refractivity contribution >= 4 is 30.7 Å². The highest BCUT2D eigenvalue weighted by Crippen LogP contribution is 2.61. The van der Waals surface area contributed by atoms with Crippen LogP contribution in [0.25, 0.3) is 0 Å². The van der Waals surface area contributed by atoms with Crippen molar-refractivity contribution in [3.63, 3.8) is 0 Å². The van der Waals surface area contributed by atoms with Crippen LogP contribution in [0.3, 0.4) is 0 Å². The van der Waals surface area contributed by atoms with Gasteiger partial charge in [0.15, 0.2) is 13.9 Å². The zero-order chi connectivity index (χ0) is 30.4. The Bertz CT molecular complexity index is 1040. The second kappa shape index (κ2) is 11.3. The summed E-state index contributed by atoms with van der Waals surface area (Å²) in [5.74, 6) is 4.07. The highest BCUT2D eigenvalue weighted by Gasteiger charge is 2.65. The van der Waals surface area contributed by atoms with Crippen LogP contribution in [0.15, 0.2) is 23.0 Å². The molecule has 0 radical (unpaired) electrons. The van der Waals surface area contributed by atoms with E-state index in [1.165, 1.54) is 0 Å². The van der Waals surface area contributed by atoms with E-state index < -0.39 is 35.7 Å². The number of fused-ring (bicyclic) bond motifs is 1. The third-order valence-electron chi connectivity index (χ3n) is 9.86. The van der Waals surface area contributed by atoms with Crippen LogP contribution in [0.5, 0.6) is 0 Å². The molecule has 1 aliphatic heterocycles. The number of rotatable bonds is 10. The topological polar surface area (TPSA) is 44.8 Å². The fourth-order valence-electron chi connectivity index (χ4n) is 6.36. The van der Waals surface area contributed by atoms with Gasteiger partial charge in [-0.2, -0.15) is 0 Å². The van der Waals surface area contributed by atoms with Crippen molar-refractivity contribution in [2.75, 3.05) is 6.61 Å². The van der Waals surface area contributed by atoms with Gasteiger partial charge < -0.3 is 13.6 Å². The van der Waals surface area contributed by atoms with Crippen LogP contribution in [-0.4, -0.2) is 42.9 Å². The van der Waals surface area contributed by atoms with Gasteiger partial charge in [-0.1, -0.05) is 82.0 Å². The summed E-state index contributed by atoms with van der Waals surface area (Å²) >= 11 is 0. The van der Waals surface area contributed by atoms with Crippen molar-refractivity contribution < 1.29 is 18.4 Å². The molecule has 222 valence electrons. The van der Waals surface area contributed by atoms with Gasteiger partial charge in [-0.25, -0.2) is 4.79 Å². The van der Waals surface area contributed by atoms with Gasteiger partial charge in [-0.15, -0.1) is 11.5 Å². The van der Waals surface area contributed by atoms with Crippen molar-refractivity contribution in [1.82, 2.24) is 0 Å². The Morgan fingerprint density at radius 1 is 0.974 bits per heavy atom. The van der Waals surface area contributed by atoms with Gasteiger partial charge in [-0.05, 0) is 54.2 Å². The molecule has 0 saturated heterocycles. The van der Waals surface area contributed by atoms with E-state index in [2.05, 4.69) is 120 Å². The van der Waals surface area contributed by atoms with E-state index in [0.717, 1.165) is 16.9 Å². The van der Waals surface area contributed by atoms with Crippen LogP contribution >= 0.6 is 0 Å². The van der Waals surface area contributed by atoms with Crippen LogP contribution < -0.4 is 0 Å². The lowest BCUT2D eigenvalue weighted by molar-refractivity contribution is -0.156. The quantitative estimate of drug-likeness (QED) is 0.144. The van der Waals surface area contributed by atoms with Crippen molar-refractivity contribution in [3.05, 3.63) is 23.0 Å². The lowest BCUT2D eigenvalue weighted by atomic mass is 9.69. The lowest BCUT2D eigenvalue weighted by Crippen LogP contribution is -2.52. The maximum Gasteiger partial charge on any atom is 0.332 e. The van der Waals surface area contributed by atoms with E-state index in [0.29, 0.717) is 36.1 Å². The average Bonchev–Trinajstić information content (AvgIpc) is 3.17. The minimum Gasteiger partial charge on any atom is -0.542 e. The van der Waals surface area contributed by atoms with Crippen LogP contribution in [-0.2, 0) is 18.4 Å². The molecule has 0 aromatic rings. The summed E-state index contributed by atoms with van der Waals surface area (Å²) in [6.07, 6.45) is 3.03. The number of carbonyl (C=O) groups excluding carboxylic acids is 1. The van der Waals surface area contributed by atoms with Gasteiger partial charge in [0.1, 0.15) is 13.8 Å². The molecule has 7 heteroatoms. The third-order valence-corrected chi connectivity index (χ3v) is 21.2. The van der Waals surface area contributed by atoms with Gasteiger partial charge >= 0.3 is 5.97 Å². The molecule has 0 bridgehead atoms. The van der Waals surface area contributed by atoms with Gasteiger partial charge in [0.2, 0.25) is 0 Å². The first kappa shape index (κ1) is 34.1. The second-order valence-electron chi connectivity index (χ2n) is 15.6. The first-order valence-corrected chi connectivity index (χ1v) is 23.5. The smallest absolute Gasteiger partial charge is 0.332 e. The third kappa shape index (κ3) is 6.24. The molecule has 0 fully saturated rings. The average molecular weight is 591 g/mol. The minimum atomic E-state index is -2.28. The van der Waals surface area contributed by atoms with E-state index >= 15 is 0 Å². The summed E-state index contributed by atoms with van der Waals surface area (Å²) < 4.78 is 20.7. The number of hydrogen-bond donors (Lipinski definition) is 0. The molecule has 2 atom stereocenters. The summed E-state index contributed by atoms with van der Waals surface area (Å²) in [5, 5.41) is 0.0783. The summed E-state index contributed by atoms with van der Waals surface area (Å²) in [4.78, 5) is 13.1. The molecule has 0 aromatic carbocycles. The predicted octanol–water partition coefficient (Wildman–Crippen LogP) is 9.38. The van der Waals surface area contributed by atoms with Crippen molar-refractivity contribution in [2.45, 2.75) is 149 Å². The molecule has 2 rings (SSSR count). The summed E-state index contributed by atoms with van der Waals surface area (Å²) in [6.45, 7) is 36.9. The van der Waals surface area contributed by atoms with E-state index in [9.17, 15) is 4.79 Å². The molecule has 0 N–H and O–H groups in total. The Hall–Kier alpha value is -1.08. The fraction of sp³-hybridized carbons (Fsp3) is 0.781. The summed E-state index contributed by atoms with van der Waals surface area (Å²) in [7, 11) is -5.86. The number of hydrogen-bond acceptors (Lipinski definition) is 4. The zero-order valence-corrected chi connectivity index (χ0v) is 31.1. The van der Waals surface area contributed by atoms with E-state index in [1.54, 1.807) is 6.08 Å². The first-order valence-electron chi connectivity index (χ1n) is 15.0. The van der Waals surface area contributed by atoms with Gasteiger partial charge in [0.25, 0.3) is 8.32 Å². The van der Waals surface area contributed by atoms with Crippen LogP contribution in [0, 0.1) is 16.9 Å². The summed E-state index contributed by atoms with van der Waals surface area (Å²) in [6, 6.07) is 0. The molecule has 39 heavy (non-hydrogen) atoms. The SMILES string of the molecule is CC1=C(O[Si](C(C)C)(C(C)C)C(C)C)C2=CC(=O)O[C@@]2(CCC#C[Si](C)(C)C)[C@]1(C)CO[Si](C)(C)C(C)(C)C. The highest BCUT2D eigenvalue weighted by molar-refractivity contribution is 6.83. The highest BCUT2D eigenvalue weighted by atomic mass is 28.4. The molecule has 1 aliphatic carbocycles. The maximum absolute atomic E-state index is 13.1. The largest absolute Gasteiger partial charge is 0.542 e.